The van der Waals surface area contributed by atoms with Crippen molar-refractivity contribution in [1.29, 1.82) is 0 Å². The molecule has 1 rings (SSSR count). The smallest absolute Gasteiger partial charge is 0.315 e. The molecular formula is C15H31N3O2. The lowest BCUT2D eigenvalue weighted by atomic mass is 10.0. The monoisotopic (exact) mass is 285 g/mol. The fraction of sp³-hybridized carbons (Fsp3) is 0.933. The second-order valence-electron chi connectivity index (χ2n) is 5.92. The van der Waals surface area contributed by atoms with E-state index in [4.69, 9.17) is 0 Å². The molecule has 0 saturated carbocycles. The molecule has 118 valence electrons. The van der Waals surface area contributed by atoms with Crippen molar-refractivity contribution in [2.45, 2.75) is 58.6 Å². The summed E-state index contributed by atoms with van der Waals surface area (Å²) < 4.78 is 0. The zero-order valence-electron chi connectivity index (χ0n) is 13.2. The van der Waals surface area contributed by atoms with Crippen molar-refractivity contribution < 1.29 is 9.90 Å². The third-order valence-corrected chi connectivity index (χ3v) is 4.24. The topological polar surface area (TPSA) is 64.6 Å². The van der Waals surface area contributed by atoms with E-state index in [0.29, 0.717) is 6.54 Å². The number of carbonyl (C=O) groups is 1. The minimum Gasteiger partial charge on any atom is -0.391 e. The third kappa shape index (κ3) is 6.09. The predicted molar refractivity (Wildman–Crippen MR) is 81.7 cm³/mol. The SMILES string of the molecule is CCCN1CCC(NC(=O)NCC(O)C(C)CC)CC1. The number of urea groups is 1. The Hall–Kier alpha value is -0.810. The van der Waals surface area contributed by atoms with Crippen LogP contribution in [0, 0.1) is 5.92 Å². The minimum atomic E-state index is -0.461. The summed E-state index contributed by atoms with van der Waals surface area (Å²) in [6, 6.07) is 0.116. The highest BCUT2D eigenvalue weighted by Gasteiger charge is 2.20. The van der Waals surface area contributed by atoms with Crippen LogP contribution < -0.4 is 10.6 Å². The van der Waals surface area contributed by atoms with Gasteiger partial charge in [-0.15, -0.1) is 0 Å². The highest BCUT2D eigenvalue weighted by Crippen LogP contribution is 2.10. The van der Waals surface area contributed by atoms with Gasteiger partial charge in [0.1, 0.15) is 0 Å². The summed E-state index contributed by atoms with van der Waals surface area (Å²) in [6.45, 7) is 9.84. The van der Waals surface area contributed by atoms with Gasteiger partial charge in [-0.05, 0) is 31.7 Å². The van der Waals surface area contributed by atoms with Gasteiger partial charge in [0.15, 0.2) is 0 Å². The fourth-order valence-corrected chi connectivity index (χ4v) is 2.52. The van der Waals surface area contributed by atoms with Crippen molar-refractivity contribution in [3.8, 4) is 0 Å². The van der Waals surface area contributed by atoms with Crippen LogP contribution in [0.5, 0.6) is 0 Å². The van der Waals surface area contributed by atoms with E-state index in [1.54, 1.807) is 0 Å². The molecule has 0 aliphatic carbocycles. The molecule has 0 bridgehead atoms. The Morgan fingerprint density at radius 2 is 2.00 bits per heavy atom. The van der Waals surface area contributed by atoms with E-state index < -0.39 is 6.10 Å². The normalized spacial score (nSPS) is 20.4. The van der Waals surface area contributed by atoms with Crippen LogP contribution >= 0.6 is 0 Å². The van der Waals surface area contributed by atoms with E-state index in [1.165, 1.54) is 6.42 Å². The lowest BCUT2D eigenvalue weighted by Gasteiger charge is -2.32. The lowest BCUT2D eigenvalue weighted by Crippen LogP contribution is -2.49. The summed E-state index contributed by atoms with van der Waals surface area (Å²) in [5.74, 6) is 0.215. The Bertz CT molecular complexity index is 278. The molecule has 20 heavy (non-hydrogen) atoms. The number of hydrogen-bond donors (Lipinski definition) is 3. The van der Waals surface area contributed by atoms with Crippen molar-refractivity contribution >= 4 is 6.03 Å². The van der Waals surface area contributed by atoms with Crippen molar-refractivity contribution in [3.63, 3.8) is 0 Å². The third-order valence-electron chi connectivity index (χ3n) is 4.24. The lowest BCUT2D eigenvalue weighted by molar-refractivity contribution is 0.114. The second kappa shape index (κ2) is 9.19. The molecule has 2 amide bonds. The molecule has 2 atom stereocenters. The first-order chi connectivity index (χ1) is 9.56. The first-order valence-electron chi connectivity index (χ1n) is 8.01. The van der Waals surface area contributed by atoms with E-state index >= 15 is 0 Å². The molecule has 0 spiro atoms. The van der Waals surface area contributed by atoms with Crippen LogP contribution in [0.2, 0.25) is 0 Å². The molecule has 0 radical (unpaired) electrons. The van der Waals surface area contributed by atoms with Gasteiger partial charge in [0.2, 0.25) is 0 Å². The van der Waals surface area contributed by atoms with E-state index in [-0.39, 0.29) is 18.0 Å². The first-order valence-corrected chi connectivity index (χ1v) is 8.01. The van der Waals surface area contributed by atoms with Crippen molar-refractivity contribution in [2.24, 2.45) is 5.92 Å². The number of hydrogen-bond acceptors (Lipinski definition) is 3. The number of carbonyl (C=O) groups excluding carboxylic acids is 1. The largest absolute Gasteiger partial charge is 0.391 e. The Balaban J connectivity index is 2.17. The Morgan fingerprint density at radius 1 is 1.35 bits per heavy atom. The number of rotatable bonds is 7. The van der Waals surface area contributed by atoms with Crippen LogP contribution in [0.25, 0.3) is 0 Å². The van der Waals surface area contributed by atoms with E-state index in [1.807, 2.05) is 13.8 Å². The van der Waals surface area contributed by atoms with Crippen LogP contribution in [0.1, 0.15) is 46.5 Å². The van der Waals surface area contributed by atoms with Crippen LogP contribution in [0.4, 0.5) is 4.79 Å². The average Bonchev–Trinajstić information content (AvgIpc) is 2.46. The number of piperidine rings is 1. The second-order valence-corrected chi connectivity index (χ2v) is 5.92. The maximum Gasteiger partial charge on any atom is 0.315 e. The van der Waals surface area contributed by atoms with Gasteiger partial charge in [0.25, 0.3) is 0 Å². The Kier molecular flexibility index (Phi) is 7.92. The number of aliphatic hydroxyl groups excluding tert-OH is 1. The molecular weight excluding hydrogens is 254 g/mol. The van der Waals surface area contributed by atoms with E-state index in [9.17, 15) is 9.90 Å². The molecule has 1 aliphatic rings. The van der Waals surface area contributed by atoms with Gasteiger partial charge in [0, 0.05) is 25.7 Å². The van der Waals surface area contributed by atoms with Gasteiger partial charge in [-0.2, -0.15) is 0 Å². The molecule has 1 heterocycles. The minimum absolute atomic E-state index is 0.152. The molecule has 3 N–H and O–H groups in total. The van der Waals surface area contributed by atoms with Gasteiger partial charge in [-0.1, -0.05) is 27.2 Å². The summed E-state index contributed by atoms with van der Waals surface area (Å²) in [5.41, 5.74) is 0. The van der Waals surface area contributed by atoms with Crippen LogP contribution in [0.3, 0.4) is 0 Å². The Morgan fingerprint density at radius 3 is 2.55 bits per heavy atom. The summed E-state index contributed by atoms with van der Waals surface area (Å²) >= 11 is 0. The van der Waals surface area contributed by atoms with Crippen molar-refractivity contribution in [3.05, 3.63) is 0 Å². The molecule has 0 aromatic rings. The van der Waals surface area contributed by atoms with E-state index in [0.717, 1.165) is 38.9 Å². The zero-order chi connectivity index (χ0) is 15.0. The molecule has 0 aromatic carbocycles. The summed E-state index contributed by atoms with van der Waals surface area (Å²) in [4.78, 5) is 14.2. The predicted octanol–water partition coefficient (Wildman–Crippen LogP) is 1.57. The number of aliphatic hydroxyl groups is 1. The van der Waals surface area contributed by atoms with Crippen molar-refractivity contribution in [1.82, 2.24) is 15.5 Å². The van der Waals surface area contributed by atoms with Gasteiger partial charge in [-0.25, -0.2) is 4.79 Å². The number of nitrogens with zero attached hydrogens (tertiary/aromatic N) is 1. The van der Waals surface area contributed by atoms with Gasteiger partial charge in [0.05, 0.1) is 6.10 Å². The van der Waals surface area contributed by atoms with Gasteiger partial charge >= 0.3 is 6.03 Å². The fourth-order valence-electron chi connectivity index (χ4n) is 2.52. The maximum absolute atomic E-state index is 11.8. The molecule has 1 aliphatic heterocycles. The van der Waals surface area contributed by atoms with Crippen LogP contribution in [-0.2, 0) is 0 Å². The Labute approximate surface area is 123 Å². The zero-order valence-corrected chi connectivity index (χ0v) is 13.2. The van der Waals surface area contributed by atoms with Crippen LogP contribution in [-0.4, -0.2) is 54.4 Å². The molecule has 1 fully saturated rings. The first kappa shape index (κ1) is 17.2. The number of nitrogens with one attached hydrogen (secondary N) is 2. The quantitative estimate of drug-likeness (QED) is 0.665. The number of likely N-dealkylation sites (tertiary alicyclic amines) is 1. The summed E-state index contributed by atoms with van der Waals surface area (Å²) in [6.07, 6.45) is 3.67. The molecule has 5 nitrogen and oxygen atoms in total. The van der Waals surface area contributed by atoms with Crippen LogP contribution in [0.15, 0.2) is 0 Å². The highest BCUT2D eigenvalue weighted by atomic mass is 16.3. The molecule has 5 heteroatoms. The number of amides is 2. The van der Waals surface area contributed by atoms with Gasteiger partial charge in [-0.3, -0.25) is 0 Å². The summed E-state index contributed by atoms with van der Waals surface area (Å²) in [7, 11) is 0. The molecule has 1 saturated heterocycles. The van der Waals surface area contributed by atoms with Gasteiger partial charge < -0.3 is 20.6 Å². The summed E-state index contributed by atoms with van der Waals surface area (Å²) in [5, 5.41) is 15.6. The van der Waals surface area contributed by atoms with E-state index in [2.05, 4.69) is 22.5 Å². The highest BCUT2D eigenvalue weighted by molar-refractivity contribution is 5.74. The average molecular weight is 285 g/mol. The standard InChI is InChI=1S/C15H31N3O2/c1-4-8-18-9-6-13(7-10-18)17-15(20)16-11-14(19)12(3)5-2/h12-14,19H,4-11H2,1-3H3,(H2,16,17,20). The van der Waals surface area contributed by atoms with Crippen molar-refractivity contribution in [2.75, 3.05) is 26.2 Å². The maximum atomic E-state index is 11.8. The molecule has 2 unspecified atom stereocenters. The molecule has 0 aromatic heterocycles.